The second-order valence-corrected chi connectivity index (χ2v) is 2.13. The van der Waals surface area contributed by atoms with Gasteiger partial charge in [0.15, 0.2) is 0 Å². The number of hydrogen-bond acceptors (Lipinski definition) is 2. The van der Waals surface area contributed by atoms with Crippen molar-refractivity contribution in [1.82, 2.24) is 9.55 Å². The third-order valence-electron chi connectivity index (χ3n) is 1.34. The average Bonchev–Trinajstić information content (AvgIpc) is 2.37. The van der Waals surface area contributed by atoms with Crippen molar-refractivity contribution in [3.63, 3.8) is 0 Å². The third kappa shape index (κ3) is 2.10. The molecule has 0 spiro atoms. The SMILES string of the molecule is C#CCOCn1ccnc1C. The van der Waals surface area contributed by atoms with Gasteiger partial charge in [0.1, 0.15) is 19.2 Å². The Morgan fingerprint density at radius 3 is 3.18 bits per heavy atom. The molecule has 1 heterocycles. The van der Waals surface area contributed by atoms with Gasteiger partial charge in [-0.25, -0.2) is 4.98 Å². The minimum absolute atomic E-state index is 0.345. The number of hydrogen-bond donors (Lipinski definition) is 0. The minimum Gasteiger partial charge on any atom is -0.348 e. The first-order valence-corrected chi connectivity index (χ1v) is 3.33. The van der Waals surface area contributed by atoms with Gasteiger partial charge in [-0.2, -0.15) is 0 Å². The number of nitrogens with zero attached hydrogens (tertiary/aromatic N) is 2. The van der Waals surface area contributed by atoms with Crippen molar-refractivity contribution in [3.05, 3.63) is 18.2 Å². The molecule has 0 fully saturated rings. The quantitative estimate of drug-likeness (QED) is 0.470. The fourth-order valence-corrected chi connectivity index (χ4v) is 0.743. The molecule has 0 radical (unpaired) electrons. The summed E-state index contributed by atoms with van der Waals surface area (Å²) in [6.45, 7) is 2.74. The molecule has 0 saturated heterocycles. The molecule has 0 bridgehead atoms. The summed E-state index contributed by atoms with van der Waals surface area (Å²) in [5.74, 6) is 3.33. The first-order chi connectivity index (χ1) is 5.34. The molecular weight excluding hydrogens is 140 g/mol. The van der Waals surface area contributed by atoms with E-state index in [-0.39, 0.29) is 0 Å². The van der Waals surface area contributed by atoms with Crippen LogP contribution in [0.4, 0.5) is 0 Å². The molecule has 0 aliphatic heterocycles. The zero-order chi connectivity index (χ0) is 8.10. The smallest absolute Gasteiger partial charge is 0.125 e. The zero-order valence-corrected chi connectivity index (χ0v) is 6.45. The van der Waals surface area contributed by atoms with Crippen LogP contribution >= 0.6 is 0 Å². The first-order valence-electron chi connectivity index (χ1n) is 3.33. The van der Waals surface area contributed by atoms with E-state index in [1.807, 2.05) is 17.7 Å². The lowest BCUT2D eigenvalue weighted by Gasteiger charge is -2.02. The summed E-state index contributed by atoms with van der Waals surface area (Å²) in [4.78, 5) is 4.03. The summed E-state index contributed by atoms with van der Waals surface area (Å²) >= 11 is 0. The molecule has 0 N–H and O–H groups in total. The standard InChI is InChI=1S/C8H10N2O/c1-3-6-11-7-10-5-4-9-8(10)2/h1,4-5H,6-7H2,2H3. The molecule has 1 aromatic rings. The molecular formula is C8H10N2O. The van der Waals surface area contributed by atoms with Gasteiger partial charge >= 0.3 is 0 Å². The van der Waals surface area contributed by atoms with E-state index in [1.54, 1.807) is 6.20 Å². The molecule has 0 aliphatic rings. The van der Waals surface area contributed by atoms with Crippen LogP contribution in [-0.4, -0.2) is 16.2 Å². The highest BCUT2D eigenvalue weighted by Gasteiger charge is 1.93. The average molecular weight is 150 g/mol. The normalized spacial score (nSPS) is 9.45. The molecule has 0 amide bonds. The summed E-state index contributed by atoms with van der Waals surface area (Å²) in [7, 11) is 0. The van der Waals surface area contributed by atoms with Gasteiger partial charge in [0.05, 0.1) is 0 Å². The molecule has 0 unspecified atom stereocenters. The van der Waals surface area contributed by atoms with Crippen LogP contribution in [-0.2, 0) is 11.5 Å². The second kappa shape index (κ2) is 3.79. The van der Waals surface area contributed by atoms with Crippen LogP contribution in [0.1, 0.15) is 5.82 Å². The van der Waals surface area contributed by atoms with E-state index in [9.17, 15) is 0 Å². The van der Waals surface area contributed by atoms with Crippen LogP contribution < -0.4 is 0 Å². The lowest BCUT2D eigenvalue weighted by atomic mass is 10.7. The Balaban J connectivity index is 2.40. The van der Waals surface area contributed by atoms with Gasteiger partial charge in [-0.3, -0.25) is 0 Å². The Bertz CT molecular complexity index is 259. The van der Waals surface area contributed by atoms with E-state index in [1.165, 1.54) is 0 Å². The fraction of sp³-hybridized carbons (Fsp3) is 0.375. The molecule has 1 rings (SSSR count). The van der Waals surface area contributed by atoms with Crippen molar-refractivity contribution < 1.29 is 4.74 Å². The van der Waals surface area contributed by atoms with Crippen molar-refractivity contribution in [2.75, 3.05) is 6.61 Å². The van der Waals surface area contributed by atoms with Gasteiger partial charge in [-0.15, -0.1) is 6.42 Å². The number of terminal acetylenes is 1. The first kappa shape index (κ1) is 7.83. The molecule has 1 aromatic heterocycles. The molecule has 3 heteroatoms. The van der Waals surface area contributed by atoms with Gasteiger partial charge in [0.2, 0.25) is 0 Å². The minimum atomic E-state index is 0.345. The van der Waals surface area contributed by atoms with Gasteiger partial charge in [-0.05, 0) is 6.92 Å². The predicted molar refractivity (Wildman–Crippen MR) is 41.7 cm³/mol. The van der Waals surface area contributed by atoms with Gasteiger partial charge in [0, 0.05) is 12.4 Å². The van der Waals surface area contributed by atoms with E-state index in [2.05, 4.69) is 10.9 Å². The third-order valence-corrected chi connectivity index (χ3v) is 1.34. The summed E-state index contributed by atoms with van der Waals surface area (Å²) in [6, 6.07) is 0. The van der Waals surface area contributed by atoms with Crippen LogP contribution in [0.15, 0.2) is 12.4 Å². The van der Waals surface area contributed by atoms with Crippen LogP contribution in [0.5, 0.6) is 0 Å². The molecule has 11 heavy (non-hydrogen) atoms. The van der Waals surface area contributed by atoms with Crippen LogP contribution in [0.25, 0.3) is 0 Å². The maximum Gasteiger partial charge on any atom is 0.125 e. The molecule has 0 aromatic carbocycles. The Morgan fingerprint density at radius 2 is 2.64 bits per heavy atom. The monoisotopic (exact) mass is 150 g/mol. The van der Waals surface area contributed by atoms with Crippen molar-refractivity contribution in [3.8, 4) is 12.3 Å². The fourth-order valence-electron chi connectivity index (χ4n) is 0.743. The summed E-state index contributed by atoms with van der Waals surface area (Å²) < 4.78 is 6.98. The predicted octanol–water partition coefficient (Wildman–Crippen LogP) is 0.799. The lowest BCUT2D eigenvalue weighted by Crippen LogP contribution is -2.03. The van der Waals surface area contributed by atoms with Gasteiger partial charge in [-0.1, -0.05) is 5.92 Å². The molecule has 0 aliphatic carbocycles. The molecule has 3 nitrogen and oxygen atoms in total. The maximum absolute atomic E-state index is 5.09. The van der Waals surface area contributed by atoms with Crippen LogP contribution in [0.3, 0.4) is 0 Å². The second-order valence-electron chi connectivity index (χ2n) is 2.13. The summed E-state index contributed by atoms with van der Waals surface area (Å²) in [5, 5.41) is 0. The largest absolute Gasteiger partial charge is 0.348 e. The number of ether oxygens (including phenoxy) is 1. The van der Waals surface area contributed by atoms with E-state index in [4.69, 9.17) is 11.2 Å². The van der Waals surface area contributed by atoms with E-state index in [0.29, 0.717) is 13.3 Å². The highest BCUT2D eigenvalue weighted by molar-refractivity contribution is 4.87. The summed E-state index contributed by atoms with van der Waals surface area (Å²) in [5.41, 5.74) is 0. The zero-order valence-electron chi connectivity index (χ0n) is 6.45. The number of aryl methyl sites for hydroxylation is 1. The van der Waals surface area contributed by atoms with E-state index >= 15 is 0 Å². The van der Waals surface area contributed by atoms with E-state index < -0.39 is 0 Å². The maximum atomic E-state index is 5.09. The highest BCUT2D eigenvalue weighted by atomic mass is 16.5. The number of imidazole rings is 1. The molecule has 58 valence electrons. The van der Waals surface area contributed by atoms with Crippen LogP contribution in [0.2, 0.25) is 0 Å². The Kier molecular flexibility index (Phi) is 2.70. The Morgan fingerprint density at radius 1 is 1.82 bits per heavy atom. The lowest BCUT2D eigenvalue weighted by molar-refractivity contribution is 0.103. The molecule has 0 saturated carbocycles. The molecule has 0 atom stereocenters. The Hall–Kier alpha value is -1.27. The van der Waals surface area contributed by atoms with Crippen molar-refractivity contribution in [2.45, 2.75) is 13.7 Å². The van der Waals surface area contributed by atoms with Crippen molar-refractivity contribution in [2.24, 2.45) is 0 Å². The van der Waals surface area contributed by atoms with Gasteiger partial charge in [0.25, 0.3) is 0 Å². The van der Waals surface area contributed by atoms with Crippen LogP contribution in [0, 0.1) is 19.3 Å². The summed E-state index contributed by atoms with van der Waals surface area (Å²) in [6.07, 6.45) is 8.59. The van der Waals surface area contributed by atoms with Gasteiger partial charge < -0.3 is 9.30 Å². The highest BCUT2D eigenvalue weighted by Crippen LogP contribution is 1.94. The topological polar surface area (TPSA) is 27.1 Å². The number of aromatic nitrogens is 2. The Labute approximate surface area is 66.0 Å². The van der Waals surface area contributed by atoms with E-state index in [0.717, 1.165) is 5.82 Å². The van der Waals surface area contributed by atoms with Crippen molar-refractivity contribution >= 4 is 0 Å². The number of rotatable bonds is 3. The van der Waals surface area contributed by atoms with Crippen molar-refractivity contribution in [1.29, 1.82) is 0 Å².